The quantitative estimate of drug-likeness (QED) is 0.206. The Labute approximate surface area is 228 Å². The van der Waals surface area contributed by atoms with Crippen LogP contribution in [-0.4, -0.2) is 26.0 Å². The molecule has 2 amide bonds. The van der Waals surface area contributed by atoms with Gasteiger partial charge in [0, 0.05) is 20.6 Å². The Morgan fingerprint density at radius 1 is 0.784 bits per heavy atom. The first-order valence-corrected chi connectivity index (χ1v) is 13.1. The fourth-order valence-electron chi connectivity index (χ4n) is 3.63. The smallest absolute Gasteiger partial charge is 0.255 e. The van der Waals surface area contributed by atoms with E-state index in [4.69, 9.17) is 9.47 Å². The van der Waals surface area contributed by atoms with E-state index in [0.29, 0.717) is 28.4 Å². The van der Waals surface area contributed by atoms with E-state index >= 15 is 0 Å². The summed E-state index contributed by atoms with van der Waals surface area (Å²) in [5.41, 5.74) is 2.62. The molecule has 188 valence electrons. The molecule has 0 aliphatic carbocycles. The molecule has 4 aromatic rings. The van der Waals surface area contributed by atoms with Crippen LogP contribution in [0, 0.1) is 0 Å². The standard InChI is InChI=1S/C29H25BrN2O4S/c1-35-25-16-15-20(17-26(25)36-2)28(33)31-21-11-8-12-22(18-21)37-27(19-9-4-3-5-10-19)29(34)32-24-14-7-6-13-23(24)30/h3-18,27H,1-2H3,(H,31,33)(H,32,34). The van der Waals surface area contributed by atoms with Gasteiger partial charge in [0.05, 0.1) is 19.9 Å². The third-order valence-corrected chi connectivity index (χ3v) is 7.40. The molecule has 0 bridgehead atoms. The van der Waals surface area contributed by atoms with Crippen LogP contribution in [0.5, 0.6) is 11.5 Å². The van der Waals surface area contributed by atoms with Crippen LogP contribution in [0.3, 0.4) is 0 Å². The number of ether oxygens (including phenoxy) is 2. The minimum atomic E-state index is -0.509. The van der Waals surface area contributed by atoms with Gasteiger partial charge >= 0.3 is 0 Å². The van der Waals surface area contributed by atoms with Gasteiger partial charge in [0.25, 0.3) is 5.91 Å². The van der Waals surface area contributed by atoms with E-state index in [1.165, 1.54) is 18.9 Å². The van der Waals surface area contributed by atoms with Gasteiger partial charge < -0.3 is 20.1 Å². The van der Waals surface area contributed by atoms with Crippen LogP contribution in [0.4, 0.5) is 11.4 Å². The van der Waals surface area contributed by atoms with Gasteiger partial charge in [0.1, 0.15) is 5.25 Å². The molecule has 0 saturated carbocycles. The highest BCUT2D eigenvalue weighted by atomic mass is 79.9. The summed E-state index contributed by atoms with van der Waals surface area (Å²) < 4.78 is 11.4. The first-order chi connectivity index (χ1) is 18.0. The molecule has 37 heavy (non-hydrogen) atoms. The van der Waals surface area contributed by atoms with E-state index < -0.39 is 5.25 Å². The predicted molar refractivity (Wildman–Crippen MR) is 152 cm³/mol. The maximum absolute atomic E-state index is 13.4. The van der Waals surface area contributed by atoms with Crippen LogP contribution in [0.15, 0.2) is 106 Å². The van der Waals surface area contributed by atoms with Gasteiger partial charge in [-0.05, 0) is 70.0 Å². The number of hydrogen-bond donors (Lipinski definition) is 2. The van der Waals surface area contributed by atoms with Gasteiger partial charge in [-0.1, -0.05) is 48.5 Å². The van der Waals surface area contributed by atoms with Crippen LogP contribution < -0.4 is 20.1 Å². The maximum atomic E-state index is 13.4. The summed E-state index contributed by atoms with van der Waals surface area (Å²) in [4.78, 5) is 27.1. The summed E-state index contributed by atoms with van der Waals surface area (Å²) in [5, 5.41) is 5.43. The van der Waals surface area contributed by atoms with Gasteiger partial charge in [-0.3, -0.25) is 9.59 Å². The van der Waals surface area contributed by atoms with Crippen LogP contribution in [-0.2, 0) is 4.79 Å². The highest BCUT2D eigenvalue weighted by Crippen LogP contribution is 2.38. The summed E-state index contributed by atoms with van der Waals surface area (Å²) in [5.74, 6) is 0.587. The predicted octanol–water partition coefficient (Wildman–Crippen LogP) is 7.19. The van der Waals surface area contributed by atoms with E-state index in [9.17, 15) is 9.59 Å². The Balaban J connectivity index is 1.54. The molecule has 4 rings (SSSR count). The second-order valence-electron chi connectivity index (χ2n) is 7.93. The molecule has 0 saturated heterocycles. The molecule has 6 nitrogen and oxygen atoms in total. The summed E-state index contributed by atoms with van der Waals surface area (Å²) in [6.07, 6.45) is 0. The van der Waals surface area contributed by atoms with Gasteiger partial charge in [-0.15, -0.1) is 11.8 Å². The van der Waals surface area contributed by atoms with Crippen molar-refractivity contribution in [1.82, 2.24) is 0 Å². The van der Waals surface area contributed by atoms with Crippen molar-refractivity contribution in [3.05, 3.63) is 113 Å². The number of methoxy groups -OCH3 is 2. The van der Waals surface area contributed by atoms with Crippen LogP contribution >= 0.6 is 27.7 Å². The lowest BCUT2D eigenvalue weighted by Gasteiger charge is -2.18. The average molecular weight is 578 g/mol. The van der Waals surface area contributed by atoms with Crippen molar-refractivity contribution in [2.75, 3.05) is 24.9 Å². The summed E-state index contributed by atoms with van der Waals surface area (Å²) in [6.45, 7) is 0. The van der Waals surface area contributed by atoms with Gasteiger partial charge in [-0.25, -0.2) is 0 Å². The largest absolute Gasteiger partial charge is 0.493 e. The Morgan fingerprint density at radius 3 is 2.24 bits per heavy atom. The zero-order chi connectivity index (χ0) is 26.2. The fourth-order valence-corrected chi connectivity index (χ4v) is 5.09. The van der Waals surface area contributed by atoms with Crippen molar-refractivity contribution in [2.45, 2.75) is 10.1 Å². The number of hydrogen-bond acceptors (Lipinski definition) is 5. The van der Waals surface area contributed by atoms with Crippen LogP contribution in [0.1, 0.15) is 21.2 Å². The molecule has 0 spiro atoms. The fraction of sp³-hybridized carbons (Fsp3) is 0.103. The third kappa shape index (κ3) is 6.72. The number of benzene rings is 4. The van der Waals surface area contributed by atoms with Crippen molar-refractivity contribution >= 4 is 50.9 Å². The minimum absolute atomic E-state index is 0.150. The number of anilines is 2. The number of nitrogens with one attached hydrogen (secondary N) is 2. The molecule has 0 heterocycles. The molecule has 0 radical (unpaired) electrons. The normalized spacial score (nSPS) is 11.3. The van der Waals surface area contributed by atoms with Crippen molar-refractivity contribution < 1.29 is 19.1 Å². The number of thioether (sulfide) groups is 1. The molecule has 1 atom stereocenters. The van der Waals surface area contributed by atoms with E-state index in [0.717, 1.165) is 14.9 Å². The van der Waals surface area contributed by atoms with E-state index in [1.54, 1.807) is 31.4 Å². The SMILES string of the molecule is COc1ccc(C(=O)Nc2cccc(SC(C(=O)Nc3ccccc3Br)c3ccccc3)c2)cc1OC. The number of para-hydroxylation sites is 1. The highest BCUT2D eigenvalue weighted by molar-refractivity contribution is 9.10. The molecular weight excluding hydrogens is 552 g/mol. The van der Waals surface area contributed by atoms with Crippen molar-refractivity contribution in [1.29, 1.82) is 0 Å². The first kappa shape index (κ1) is 26.3. The average Bonchev–Trinajstić information content (AvgIpc) is 2.93. The number of rotatable bonds is 9. The lowest BCUT2D eigenvalue weighted by Crippen LogP contribution is -2.19. The number of carbonyl (C=O) groups excluding carboxylic acids is 2. The van der Waals surface area contributed by atoms with E-state index in [-0.39, 0.29) is 11.8 Å². The molecule has 1 unspecified atom stereocenters. The zero-order valence-corrected chi connectivity index (χ0v) is 22.6. The first-order valence-electron chi connectivity index (χ1n) is 11.4. The molecule has 0 fully saturated rings. The minimum Gasteiger partial charge on any atom is -0.493 e. The Bertz CT molecular complexity index is 1400. The van der Waals surface area contributed by atoms with Crippen molar-refractivity contribution in [3.8, 4) is 11.5 Å². The lowest BCUT2D eigenvalue weighted by atomic mass is 10.1. The van der Waals surface area contributed by atoms with E-state index in [2.05, 4.69) is 26.6 Å². The van der Waals surface area contributed by atoms with Crippen LogP contribution in [0.25, 0.3) is 0 Å². The summed E-state index contributed by atoms with van der Waals surface area (Å²) in [7, 11) is 3.07. The Kier molecular flexibility index (Phi) is 8.87. The molecule has 0 aliphatic heterocycles. The van der Waals surface area contributed by atoms with Crippen molar-refractivity contribution in [2.24, 2.45) is 0 Å². The molecule has 8 heteroatoms. The highest BCUT2D eigenvalue weighted by Gasteiger charge is 2.23. The number of halogens is 1. The van der Waals surface area contributed by atoms with Gasteiger partial charge in [-0.2, -0.15) is 0 Å². The van der Waals surface area contributed by atoms with Gasteiger partial charge in [0.2, 0.25) is 5.91 Å². The molecule has 2 N–H and O–H groups in total. The Hall–Kier alpha value is -3.75. The second-order valence-corrected chi connectivity index (χ2v) is 9.96. The summed E-state index contributed by atoms with van der Waals surface area (Å²) in [6, 6.07) is 29.5. The van der Waals surface area contributed by atoms with Crippen LogP contribution in [0.2, 0.25) is 0 Å². The maximum Gasteiger partial charge on any atom is 0.255 e. The number of amides is 2. The number of carbonyl (C=O) groups is 2. The molecule has 0 aliphatic rings. The lowest BCUT2D eigenvalue weighted by molar-refractivity contribution is -0.115. The van der Waals surface area contributed by atoms with Gasteiger partial charge in [0.15, 0.2) is 11.5 Å². The second kappa shape index (κ2) is 12.5. The monoisotopic (exact) mass is 576 g/mol. The molecular formula is C29H25BrN2O4S. The Morgan fingerprint density at radius 2 is 1.51 bits per heavy atom. The van der Waals surface area contributed by atoms with E-state index in [1.807, 2.05) is 72.8 Å². The molecule has 0 aromatic heterocycles. The summed E-state index contributed by atoms with van der Waals surface area (Å²) >= 11 is 4.90. The molecule has 4 aromatic carbocycles. The zero-order valence-electron chi connectivity index (χ0n) is 20.2. The van der Waals surface area contributed by atoms with Crippen molar-refractivity contribution in [3.63, 3.8) is 0 Å². The topological polar surface area (TPSA) is 76.7 Å². The third-order valence-electron chi connectivity index (χ3n) is 5.46.